The van der Waals surface area contributed by atoms with Crippen molar-refractivity contribution in [1.29, 1.82) is 0 Å². The van der Waals surface area contributed by atoms with Gasteiger partial charge in [-0.25, -0.2) is 8.42 Å². The molecule has 5 nitrogen and oxygen atoms in total. The van der Waals surface area contributed by atoms with E-state index in [9.17, 15) is 8.42 Å². The van der Waals surface area contributed by atoms with Crippen molar-refractivity contribution in [2.75, 3.05) is 4.72 Å². The summed E-state index contributed by atoms with van der Waals surface area (Å²) in [7, 11) is -3.69. The molecule has 0 unspecified atom stereocenters. The lowest BCUT2D eigenvalue weighted by Gasteiger charge is -2.20. The third kappa shape index (κ3) is 2.60. The van der Waals surface area contributed by atoms with Crippen LogP contribution in [-0.4, -0.2) is 17.2 Å². The van der Waals surface area contributed by atoms with E-state index in [-0.39, 0.29) is 4.90 Å². The predicted octanol–water partition coefficient (Wildman–Crippen LogP) is 3.37. The van der Waals surface area contributed by atoms with Crippen LogP contribution in [-0.2, 0) is 22.9 Å². The second-order valence-corrected chi connectivity index (χ2v) is 7.82. The molecule has 1 aliphatic carbocycles. The molecule has 1 aliphatic rings. The average Bonchev–Trinajstić information content (AvgIpc) is 3.03. The summed E-state index contributed by atoms with van der Waals surface area (Å²) in [6.45, 7) is 0. The summed E-state index contributed by atoms with van der Waals surface area (Å²) >= 11 is 1.02. The maximum atomic E-state index is 12.8. The van der Waals surface area contributed by atoms with Crippen LogP contribution in [0.1, 0.15) is 24.0 Å². The van der Waals surface area contributed by atoms with Gasteiger partial charge < -0.3 is 0 Å². The van der Waals surface area contributed by atoms with Gasteiger partial charge in [-0.05, 0) is 55.0 Å². The van der Waals surface area contributed by atoms with Crippen LogP contribution in [0.5, 0.6) is 0 Å². The molecular formula is C16H15N3O2S2. The van der Waals surface area contributed by atoms with E-state index in [0.29, 0.717) is 16.7 Å². The van der Waals surface area contributed by atoms with E-state index in [0.717, 1.165) is 43.0 Å². The molecule has 7 heteroatoms. The Bertz CT molecular complexity index is 980. The number of anilines is 1. The second-order valence-electron chi connectivity index (χ2n) is 5.64. The first-order valence-corrected chi connectivity index (χ1v) is 9.71. The molecule has 0 amide bonds. The van der Waals surface area contributed by atoms with E-state index < -0.39 is 10.0 Å². The van der Waals surface area contributed by atoms with Gasteiger partial charge in [-0.2, -0.15) is 8.75 Å². The molecule has 3 aromatic rings. The Kier molecular flexibility index (Phi) is 3.54. The van der Waals surface area contributed by atoms with E-state index in [4.69, 9.17) is 0 Å². The van der Waals surface area contributed by atoms with Crippen molar-refractivity contribution in [1.82, 2.24) is 8.75 Å². The molecule has 0 spiro atoms. The molecule has 23 heavy (non-hydrogen) atoms. The highest BCUT2D eigenvalue weighted by molar-refractivity contribution is 7.93. The van der Waals surface area contributed by atoms with Crippen molar-refractivity contribution < 1.29 is 8.42 Å². The zero-order chi connectivity index (χ0) is 15.9. The number of benzene rings is 2. The van der Waals surface area contributed by atoms with Gasteiger partial charge in [0.05, 0.1) is 17.4 Å². The standard InChI is InChI=1S/C16H15N3O2S2/c20-23(21,15-10-4-9-14-16(15)18-22-17-14)19-13-8-3-6-11-5-1-2-7-12(11)13/h3-4,6,8-10,19H,1-2,5,7H2. The number of aryl methyl sites for hydroxylation is 1. The van der Waals surface area contributed by atoms with Gasteiger partial charge in [0.15, 0.2) is 0 Å². The van der Waals surface area contributed by atoms with Crippen molar-refractivity contribution in [3.05, 3.63) is 47.5 Å². The van der Waals surface area contributed by atoms with Crippen LogP contribution in [0.3, 0.4) is 0 Å². The number of hydrogen-bond acceptors (Lipinski definition) is 5. The van der Waals surface area contributed by atoms with E-state index in [2.05, 4.69) is 19.5 Å². The quantitative estimate of drug-likeness (QED) is 0.790. The number of rotatable bonds is 3. The van der Waals surface area contributed by atoms with Crippen molar-refractivity contribution in [3.63, 3.8) is 0 Å². The largest absolute Gasteiger partial charge is 0.279 e. The van der Waals surface area contributed by atoms with Crippen molar-refractivity contribution >= 4 is 38.5 Å². The first kappa shape index (κ1) is 14.6. The summed E-state index contributed by atoms with van der Waals surface area (Å²) in [6, 6.07) is 10.9. The summed E-state index contributed by atoms with van der Waals surface area (Å²) in [5, 5.41) is 0. The maximum Gasteiger partial charge on any atom is 0.264 e. The highest BCUT2D eigenvalue weighted by Gasteiger charge is 2.22. The van der Waals surface area contributed by atoms with E-state index in [1.807, 2.05) is 12.1 Å². The third-order valence-electron chi connectivity index (χ3n) is 4.18. The normalized spacial score (nSPS) is 14.6. The molecule has 0 atom stereocenters. The number of fused-ring (bicyclic) bond motifs is 2. The van der Waals surface area contributed by atoms with Crippen LogP contribution >= 0.6 is 11.7 Å². The fourth-order valence-electron chi connectivity index (χ4n) is 3.07. The molecule has 1 heterocycles. The van der Waals surface area contributed by atoms with Gasteiger partial charge in [-0.1, -0.05) is 18.2 Å². The number of aromatic nitrogens is 2. The Balaban J connectivity index is 1.78. The molecule has 1 N–H and O–H groups in total. The highest BCUT2D eigenvalue weighted by Crippen LogP contribution is 2.30. The van der Waals surface area contributed by atoms with Gasteiger partial charge in [0, 0.05) is 0 Å². The molecule has 0 fully saturated rings. The highest BCUT2D eigenvalue weighted by atomic mass is 32.2. The Hall–Kier alpha value is -1.99. The first-order valence-electron chi connectivity index (χ1n) is 7.50. The molecular weight excluding hydrogens is 330 g/mol. The van der Waals surface area contributed by atoms with Gasteiger partial charge in [0.1, 0.15) is 15.9 Å². The maximum absolute atomic E-state index is 12.8. The lowest BCUT2D eigenvalue weighted by atomic mass is 9.91. The third-order valence-corrected chi connectivity index (χ3v) is 6.12. The van der Waals surface area contributed by atoms with Crippen molar-refractivity contribution in [2.45, 2.75) is 30.6 Å². The second kappa shape index (κ2) is 5.58. The molecule has 0 radical (unpaired) electrons. The number of nitrogens with zero attached hydrogens (tertiary/aromatic N) is 2. The number of nitrogens with one attached hydrogen (secondary N) is 1. The lowest BCUT2D eigenvalue weighted by Crippen LogP contribution is -2.16. The van der Waals surface area contributed by atoms with Crippen molar-refractivity contribution in [2.24, 2.45) is 0 Å². The van der Waals surface area contributed by atoms with Crippen molar-refractivity contribution in [3.8, 4) is 0 Å². The van der Waals surface area contributed by atoms with Gasteiger partial charge in [-0.3, -0.25) is 4.72 Å². The fourth-order valence-corrected chi connectivity index (χ4v) is 4.94. The summed E-state index contributed by atoms with van der Waals surface area (Å²) in [5.41, 5.74) is 4.07. The smallest absolute Gasteiger partial charge is 0.264 e. The van der Waals surface area contributed by atoms with Gasteiger partial charge in [0.25, 0.3) is 10.0 Å². The minimum absolute atomic E-state index is 0.178. The van der Waals surface area contributed by atoms with E-state index in [1.165, 1.54) is 5.56 Å². The topological polar surface area (TPSA) is 72.0 Å². The summed E-state index contributed by atoms with van der Waals surface area (Å²) in [5.74, 6) is 0. The summed E-state index contributed by atoms with van der Waals surface area (Å²) < 4.78 is 36.6. The SMILES string of the molecule is O=S(=O)(Nc1cccc2c1CCCC2)c1cccc2nsnc12. The van der Waals surface area contributed by atoms with Crippen LogP contribution in [0.2, 0.25) is 0 Å². The first-order chi connectivity index (χ1) is 11.1. The van der Waals surface area contributed by atoms with Gasteiger partial charge >= 0.3 is 0 Å². The fraction of sp³-hybridized carbons (Fsp3) is 0.250. The Morgan fingerprint density at radius 3 is 2.74 bits per heavy atom. The molecule has 0 saturated heterocycles. The summed E-state index contributed by atoms with van der Waals surface area (Å²) in [4.78, 5) is 0.178. The molecule has 0 aliphatic heterocycles. The Labute approximate surface area is 138 Å². The Morgan fingerprint density at radius 1 is 1.00 bits per heavy atom. The zero-order valence-corrected chi connectivity index (χ0v) is 14.0. The number of sulfonamides is 1. The minimum Gasteiger partial charge on any atom is -0.279 e. The van der Waals surface area contributed by atoms with Crippen LogP contribution in [0, 0.1) is 0 Å². The molecule has 4 rings (SSSR count). The minimum atomic E-state index is -3.69. The zero-order valence-electron chi connectivity index (χ0n) is 12.3. The van der Waals surface area contributed by atoms with Crippen LogP contribution in [0.15, 0.2) is 41.3 Å². The monoisotopic (exact) mass is 345 g/mol. The Morgan fingerprint density at radius 2 is 1.83 bits per heavy atom. The average molecular weight is 345 g/mol. The van der Waals surface area contributed by atoms with Gasteiger partial charge in [-0.15, -0.1) is 0 Å². The van der Waals surface area contributed by atoms with Crippen LogP contribution < -0.4 is 4.72 Å². The van der Waals surface area contributed by atoms with Crippen LogP contribution in [0.25, 0.3) is 11.0 Å². The molecule has 1 aromatic heterocycles. The van der Waals surface area contributed by atoms with E-state index >= 15 is 0 Å². The lowest BCUT2D eigenvalue weighted by molar-refractivity contribution is 0.601. The number of hydrogen-bond donors (Lipinski definition) is 1. The van der Waals surface area contributed by atoms with Crippen LogP contribution in [0.4, 0.5) is 5.69 Å². The molecule has 118 valence electrons. The predicted molar refractivity (Wildman–Crippen MR) is 91.3 cm³/mol. The van der Waals surface area contributed by atoms with E-state index in [1.54, 1.807) is 18.2 Å². The molecule has 0 bridgehead atoms. The molecule has 2 aromatic carbocycles. The summed E-state index contributed by atoms with van der Waals surface area (Å²) in [6.07, 6.45) is 4.18. The van der Waals surface area contributed by atoms with Gasteiger partial charge in [0.2, 0.25) is 0 Å². The molecule has 0 saturated carbocycles.